The minimum Gasteiger partial charge on any atom is -0.481 e. The van der Waals surface area contributed by atoms with E-state index in [1.165, 1.54) is 0 Å². The highest BCUT2D eigenvalue weighted by molar-refractivity contribution is 6.35. The third kappa shape index (κ3) is 3.85. The number of benzene rings is 1. The number of rotatable bonds is 5. The Hall–Kier alpha value is -1.29. The summed E-state index contributed by atoms with van der Waals surface area (Å²) in [5.41, 5.74) is 1.93. The Kier molecular flexibility index (Phi) is 5.24. The van der Waals surface area contributed by atoms with Gasteiger partial charge in [0.05, 0.1) is 12.8 Å². The number of halogens is 2. The van der Waals surface area contributed by atoms with Crippen LogP contribution < -0.4 is 10.1 Å². The van der Waals surface area contributed by atoms with Gasteiger partial charge in [-0.1, -0.05) is 35.3 Å². The van der Waals surface area contributed by atoms with Gasteiger partial charge in [0.1, 0.15) is 0 Å². The van der Waals surface area contributed by atoms with Crippen LogP contribution in [0.5, 0.6) is 5.88 Å². The molecule has 1 unspecified atom stereocenters. The van der Waals surface area contributed by atoms with Crippen molar-refractivity contribution in [1.82, 2.24) is 10.3 Å². The lowest BCUT2D eigenvalue weighted by Gasteiger charge is -2.16. The number of methoxy groups -OCH3 is 1. The zero-order valence-electron chi connectivity index (χ0n) is 11.4. The molecule has 0 aliphatic heterocycles. The summed E-state index contributed by atoms with van der Waals surface area (Å²) >= 11 is 12.1. The highest BCUT2D eigenvalue weighted by Crippen LogP contribution is 2.26. The fourth-order valence-electron chi connectivity index (χ4n) is 1.89. The SMILES string of the molecule is COc1cccc(CNC(C)c2ccc(Cl)cc2Cl)n1. The largest absolute Gasteiger partial charge is 0.481 e. The van der Waals surface area contributed by atoms with E-state index in [1.54, 1.807) is 13.2 Å². The summed E-state index contributed by atoms with van der Waals surface area (Å²) in [5.74, 6) is 0.612. The normalized spacial score (nSPS) is 12.2. The Morgan fingerprint density at radius 2 is 2.05 bits per heavy atom. The van der Waals surface area contributed by atoms with Crippen molar-refractivity contribution in [3.8, 4) is 5.88 Å². The maximum atomic E-state index is 6.19. The monoisotopic (exact) mass is 310 g/mol. The molecular formula is C15H16Cl2N2O. The summed E-state index contributed by atoms with van der Waals surface area (Å²) in [4.78, 5) is 4.35. The first-order valence-corrected chi connectivity index (χ1v) is 7.04. The molecule has 0 bridgehead atoms. The molecule has 0 aliphatic carbocycles. The van der Waals surface area contributed by atoms with Gasteiger partial charge in [0.25, 0.3) is 0 Å². The molecule has 20 heavy (non-hydrogen) atoms. The summed E-state index contributed by atoms with van der Waals surface area (Å²) in [6.07, 6.45) is 0. The molecule has 2 aromatic rings. The molecule has 0 saturated carbocycles. The number of ether oxygens (including phenoxy) is 1. The molecule has 1 N–H and O–H groups in total. The summed E-state index contributed by atoms with van der Waals surface area (Å²) in [7, 11) is 1.61. The van der Waals surface area contributed by atoms with Crippen molar-refractivity contribution in [2.75, 3.05) is 7.11 Å². The third-order valence-electron chi connectivity index (χ3n) is 3.01. The predicted octanol–water partition coefficient (Wildman–Crippen LogP) is 4.25. The molecule has 0 amide bonds. The fraction of sp³-hybridized carbons (Fsp3) is 0.267. The lowest BCUT2D eigenvalue weighted by molar-refractivity contribution is 0.395. The van der Waals surface area contributed by atoms with Gasteiger partial charge in [-0.3, -0.25) is 0 Å². The Morgan fingerprint density at radius 3 is 2.75 bits per heavy atom. The van der Waals surface area contributed by atoms with Crippen molar-refractivity contribution in [3.05, 3.63) is 57.7 Å². The molecule has 0 fully saturated rings. The Labute approximate surface area is 128 Å². The Balaban J connectivity index is 2.02. The molecule has 1 heterocycles. The van der Waals surface area contributed by atoms with Crippen LogP contribution in [0.2, 0.25) is 10.0 Å². The van der Waals surface area contributed by atoms with Crippen LogP contribution in [0.25, 0.3) is 0 Å². The first-order chi connectivity index (χ1) is 9.60. The maximum absolute atomic E-state index is 6.19. The second kappa shape index (κ2) is 6.93. The van der Waals surface area contributed by atoms with Crippen LogP contribution in [-0.4, -0.2) is 12.1 Å². The summed E-state index contributed by atoms with van der Waals surface area (Å²) in [6.45, 7) is 2.69. The number of hydrogen-bond donors (Lipinski definition) is 1. The second-order valence-electron chi connectivity index (χ2n) is 4.44. The van der Waals surface area contributed by atoms with E-state index in [0.29, 0.717) is 22.5 Å². The first-order valence-electron chi connectivity index (χ1n) is 6.28. The smallest absolute Gasteiger partial charge is 0.213 e. The van der Waals surface area contributed by atoms with E-state index >= 15 is 0 Å². The van der Waals surface area contributed by atoms with Gasteiger partial charge in [0.15, 0.2) is 0 Å². The van der Waals surface area contributed by atoms with Crippen LogP contribution in [0.15, 0.2) is 36.4 Å². The molecule has 1 aromatic carbocycles. The molecule has 5 heteroatoms. The van der Waals surface area contributed by atoms with Crippen LogP contribution in [-0.2, 0) is 6.54 Å². The molecule has 1 aromatic heterocycles. The Bertz CT molecular complexity index is 590. The quantitative estimate of drug-likeness (QED) is 0.896. The van der Waals surface area contributed by atoms with Crippen molar-refractivity contribution < 1.29 is 4.74 Å². The zero-order chi connectivity index (χ0) is 14.5. The molecule has 106 valence electrons. The minimum absolute atomic E-state index is 0.104. The van der Waals surface area contributed by atoms with E-state index in [9.17, 15) is 0 Å². The topological polar surface area (TPSA) is 34.1 Å². The lowest BCUT2D eigenvalue weighted by Crippen LogP contribution is -2.19. The molecule has 0 saturated heterocycles. The highest BCUT2D eigenvalue weighted by Gasteiger charge is 2.10. The van der Waals surface area contributed by atoms with Crippen LogP contribution in [0.1, 0.15) is 24.2 Å². The fourth-order valence-corrected chi connectivity index (χ4v) is 2.46. The first kappa shape index (κ1) is 15.1. The Morgan fingerprint density at radius 1 is 1.25 bits per heavy atom. The van der Waals surface area contributed by atoms with Crippen LogP contribution in [0.4, 0.5) is 0 Å². The third-order valence-corrected chi connectivity index (χ3v) is 3.57. The molecule has 3 nitrogen and oxygen atoms in total. The standard InChI is InChI=1S/C15H16Cl2N2O/c1-10(13-7-6-11(16)8-14(13)17)18-9-12-4-3-5-15(19-12)20-2/h3-8,10,18H,9H2,1-2H3. The van der Waals surface area contributed by atoms with Gasteiger partial charge in [0, 0.05) is 28.7 Å². The number of nitrogens with one attached hydrogen (secondary N) is 1. The van der Waals surface area contributed by atoms with E-state index in [2.05, 4.69) is 17.2 Å². The van der Waals surface area contributed by atoms with Crippen molar-refractivity contribution in [2.45, 2.75) is 19.5 Å². The molecule has 0 aliphatic rings. The lowest BCUT2D eigenvalue weighted by atomic mass is 10.1. The van der Waals surface area contributed by atoms with Gasteiger partial charge in [-0.05, 0) is 30.7 Å². The van der Waals surface area contributed by atoms with Gasteiger partial charge in [0.2, 0.25) is 5.88 Å². The predicted molar refractivity (Wildman–Crippen MR) is 82.5 cm³/mol. The molecule has 0 spiro atoms. The average molecular weight is 311 g/mol. The van der Waals surface area contributed by atoms with Gasteiger partial charge in [-0.25, -0.2) is 4.98 Å². The zero-order valence-corrected chi connectivity index (χ0v) is 12.9. The minimum atomic E-state index is 0.104. The average Bonchev–Trinajstić information content (AvgIpc) is 2.45. The number of hydrogen-bond acceptors (Lipinski definition) is 3. The number of nitrogens with zero attached hydrogens (tertiary/aromatic N) is 1. The van der Waals surface area contributed by atoms with Crippen molar-refractivity contribution in [1.29, 1.82) is 0 Å². The van der Waals surface area contributed by atoms with Gasteiger partial charge >= 0.3 is 0 Å². The van der Waals surface area contributed by atoms with Crippen LogP contribution >= 0.6 is 23.2 Å². The van der Waals surface area contributed by atoms with Gasteiger partial charge in [-0.15, -0.1) is 0 Å². The van der Waals surface area contributed by atoms with Crippen LogP contribution in [0, 0.1) is 0 Å². The van der Waals surface area contributed by atoms with E-state index < -0.39 is 0 Å². The second-order valence-corrected chi connectivity index (χ2v) is 5.28. The number of pyridine rings is 1. The number of aromatic nitrogens is 1. The molecule has 0 radical (unpaired) electrons. The summed E-state index contributed by atoms with van der Waals surface area (Å²) in [5, 5.41) is 4.68. The highest BCUT2D eigenvalue weighted by atomic mass is 35.5. The summed E-state index contributed by atoms with van der Waals surface area (Å²) in [6, 6.07) is 11.3. The van der Waals surface area contributed by atoms with Gasteiger partial charge in [-0.2, -0.15) is 0 Å². The maximum Gasteiger partial charge on any atom is 0.213 e. The van der Waals surface area contributed by atoms with Gasteiger partial charge < -0.3 is 10.1 Å². The van der Waals surface area contributed by atoms with Crippen molar-refractivity contribution >= 4 is 23.2 Å². The molecule has 1 atom stereocenters. The molecular weight excluding hydrogens is 295 g/mol. The van der Waals surface area contributed by atoms with Crippen molar-refractivity contribution in [3.63, 3.8) is 0 Å². The van der Waals surface area contributed by atoms with E-state index in [-0.39, 0.29) is 6.04 Å². The molecule has 2 rings (SSSR count). The van der Waals surface area contributed by atoms with E-state index in [0.717, 1.165) is 11.3 Å². The van der Waals surface area contributed by atoms with E-state index in [4.69, 9.17) is 27.9 Å². The van der Waals surface area contributed by atoms with Crippen LogP contribution in [0.3, 0.4) is 0 Å². The van der Waals surface area contributed by atoms with E-state index in [1.807, 2.05) is 30.3 Å². The van der Waals surface area contributed by atoms with Crippen molar-refractivity contribution in [2.24, 2.45) is 0 Å². The summed E-state index contributed by atoms with van der Waals surface area (Å²) < 4.78 is 5.10.